The Hall–Kier alpha value is -2.99. The Bertz CT molecular complexity index is 938. The Morgan fingerprint density at radius 3 is 2.67 bits per heavy atom. The molecule has 2 amide bonds. The van der Waals surface area contributed by atoms with Gasteiger partial charge in [-0.2, -0.15) is 0 Å². The molecule has 0 atom stereocenters. The van der Waals surface area contributed by atoms with Gasteiger partial charge in [-0.15, -0.1) is 0 Å². The number of amides is 2. The second kappa shape index (κ2) is 7.72. The molecule has 0 aromatic heterocycles. The van der Waals surface area contributed by atoms with Crippen LogP contribution in [0.4, 0.5) is 5.69 Å². The Labute approximate surface area is 162 Å². The number of rotatable bonds is 4. The third kappa shape index (κ3) is 4.06. The summed E-state index contributed by atoms with van der Waals surface area (Å²) in [4.78, 5) is 26.3. The average Bonchev–Trinajstić information content (AvgIpc) is 2.66. The van der Waals surface area contributed by atoms with Gasteiger partial charge in [0.25, 0.3) is 11.8 Å². The van der Waals surface area contributed by atoms with Crippen LogP contribution in [0.25, 0.3) is 6.08 Å². The highest BCUT2D eigenvalue weighted by Crippen LogP contribution is 2.31. The summed E-state index contributed by atoms with van der Waals surface area (Å²) >= 11 is 6.01. The van der Waals surface area contributed by atoms with Gasteiger partial charge in [0.2, 0.25) is 0 Å². The zero-order valence-electron chi connectivity index (χ0n) is 15.2. The summed E-state index contributed by atoms with van der Waals surface area (Å²) < 4.78 is 10.9. The number of hydrogen-bond acceptors (Lipinski definition) is 4. The van der Waals surface area contributed by atoms with Crippen molar-refractivity contribution in [2.45, 2.75) is 0 Å². The molecule has 2 aromatic rings. The maximum Gasteiger partial charge on any atom is 0.255 e. The molecule has 0 spiro atoms. The van der Waals surface area contributed by atoms with Crippen LogP contribution in [0.3, 0.4) is 0 Å². The molecule has 0 unspecified atom stereocenters. The van der Waals surface area contributed by atoms with Gasteiger partial charge in [-0.05, 0) is 42.5 Å². The normalized spacial score (nSPS) is 12.4. The van der Waals surface area contributed by atoms with Crippen molar-refractivity contribution in [3.8, 4) is 11.5 Å². The maximum absolute atomic E-state index is 12.7. The zero-order chi connectivity index (χ0) is 19.6. The van der Waals surface area contributed by atoms with Crippen molar-refractivity contribution < 1.29 is 19.1 Å². The first-order chi connectivity index (χ1) is 12.9. The predicted molar refractivity (Wildman–Crippen MR) is 105 cm³/mol. The van der Waals surface area contributed by atoms with E-state index in [1.54, 1.807) is 56.6 Å². The summed E-state index contributed by atoms with van der Waals surface area (Å²) in [6.45, 7) is 0.138. The van der Waals surface area contributed by atoms with Crippen molar-refractivity contribution in [3.05, 3.63) is 58.1 Å². The molecule has 1 aliphatic rings. The van der Waals surface area contributed by atoms with Gasteiger partial charge in [-0.25, -0.2) is 0 Å². The van der Waals surface area contributed by atoms with E-state index in [1.165, 1.54) is 12.0 Å². The minimum absolute atomic E-state index is 0.138. The molecule has 1 N–H and O–H groups in total. The van der Waals surface area contributed by atoms with Gasteiger partial charge >= 0.3 is 0 Å². The highest BCUT2D eigenvalue weighted by molar-refractivity contribution is 6.30. The smallest absolute Gasteiger partial charge is 0.255 e. The first kappa shape index (κ1) is 18.8. The van der Waals surface area contributed by atoms with Crippen LogP contribution < -0.4 is 14.8 Å². The monoisotopic (exact) mass is 386 g/mol. The standard InChI is InChI=1S/C20H19ClN2O4/c1-23(2)20(25)12-4-6-18(26-3)16(10-12)22-19(24)14-8-13-9-15(21)5-7-17(13)27-11-14/h4-10H,11H2,1-3H3,(H,22,24). The Morgan fingerprint density at radius 2 is 1.96 bits per heavy atom. The van der Waals surface area contributed by atoms with Gasteiger partial charge in [-0.3, -0.25) is 9.59 Å². The molecule has 0 fully saturated rings. The molecule has 0 aliphatic carbocycles. The lowest BCUT2D eigenvalue weighted by Gasteiger charge is -2.19. The van der Waals surface area contributed by atoms with Crippen molar-refractivity contribution in [1.29, 1.82) is 0 Å². The van der Waals surface area contributed by atoms with E-state index in [0.29, 0.717) is 33.3 Å². The number of carbonyl (C=O) groups excluding carboxylic acids is 2. The molecule has 0 saturated carbocycles. The molecule has 1 heterocycles. The number of carbonyl (C=O) groups is 2. The molecule has 140 valence electrons. The van der Waals surface area contributed by atoms with Crippen LogP contribution in [0.1, 0.15) is 15.9 Å². The summed E-state index contributed by atoms with van der Waals surface area (Å²) in [5, 5.41) is 3.36. The van der Waals surface area contributed by atoms with Crippen LogP contribution in [-0.2, 0) is 4.79 Å². The summed E-state index contributed by atoms with van der Waals surface area (Å²) in [7, 11) is 4.83. The van der Waals surface area contributed by atoms with Crippen LogP contribution in [0.2, 0.25) is 5.02 Å². The third-order valence-electron chi connectivity index (χ3n) is 4.08. The van der Waals surface area contributed by atoms with Crippen LogP contribution in [0.5, 0.6) is 11.5 Å². The zero-order valence-corrected chi connectivity index (χ0v) is 16.0. The predicted octanol–water partition coefficient (Wildman–Crippen LogP) is 3.46. The molecule has 0 saturated heterocycles. The SMILES string of the molecule is COc1ccc(C(=O)N(C)C)cc1NC(=O)C1=Cc2cc(Cl)ccc2OC1. The van der Waals surface area contributed by atoms with Gasteiger partial charge in [0.05, 0.1) is 18.4 Å². The lowest BCUT2D eigenvalue weighted by atomic mass is 10.1. The van der Waals surface area contributed by atoms with E-state index < -0.39 is 0 Å². The molecule has 0 radical (unpaired) electrons. The fraction of sp³-hybridized carbons (Fsp3) is 0.200. The van der Waals surface area contributed by atoms with Gasteiger partial charge < -0.3 is 19.7 Å². The van der Waals surface area contributed by atoms with Crippen LogP contribution in [-0.4, -0.2) is 44.5 Å². The third-order valence-corrected chi connectivity index (χ3v) is 4.31. The van der Waals surface area contributed by atoms with Crippen molar-refractivity contribution in [2.75, 3.05) is 33.1 Å². The van der Waals surface area contributed by atoms with E-state index in [1.807, 2.05) is 0 Å². The number of fused-ring (bicyclic) bond motifs is 1. The Kier molecular flexibility index (Phi) is 5.37. The van der Waals surface area contributed by atoms with Crippen LogP contribution in [0, 0.1) is 0 Å². The average molecular weight is 387 g/mol. The van der Waals surface area contributed by atoms with Crippen molar-refractivity contribution >= 4 is 35.2 Å². The van der Waals surface area contributed by atoms with Crippen molar-refractivity contribution in [3.63, 3.8) is 0 Å². The van der Waals surface area contributed by atoms with E-state index in [9.17, 15) is 9.59 Å². The summed E-state index contributed by atoms with van der Waals surface area (Å²) in [5.41, 5.74) is 2.04. The van der Waals surface area contributed by atoms with E-state index in [-0.39, 0.29) is 18.4 Å². The minimum atomic E-state index is -0.339. The summed E-state index contributed by atoms with van der Waals surface area (Å²) in [6.07, 6.45) is 1.74. The molecular weight excluding hydrogens is 368 g/mol. The number of hydrogen-bond donors (Lipinski definition) is 1. The molecule has 0 bridgehead atoms. The van der Waals surface area contributed by atoms with Crippen molar-refractivity contribution in [2.24, 2.45) is 0 Å². The molecule has 7 heteroatoms. The van der Waals surface area contributed by atoms with E-state index in [2.05, 4.69) is 5.32 Å². The minimum Gasteiger partial charge on any atom is -0.495 e. The summed E-state index contributed by atoms with van der Waals surface area (Å²) in [6, 6.07) is 10.1. The van der Waals surface area contributed by atoms with E-state index >= 15 is 0 Å². The van der Waals surface area contributed by atoms with Crippen LogP contribution in [0.15, 0.2) is 42.0 Å². The van der Waals surface area contributed by atoms with Crippen molar-refractivity contribution in [1.82, 2.24) is 4.90 Å². The first-order valence-electron chi connectivity index (χ1n) is 8.23. The van der Waals surface area contributed by atoms with E-state index in [4.69, 9.17) is 21.1 Å². The molecule has 3 rings (SSSR count). The fourth-order valence-electron chi connectivity index (χ4n) is 2.68. The molecule has 27 heavy (non-hydrogen) atoms. The first-order valence-corrected chi connectivity index (χ1v) is 8.61. The number of ether oxygens (including phenoxy) is 2. The van der Waals surface area contributed by atoms with Gasteiger partial charge in [0, 0.05) is 30.2 Å². The van der Waals surface area contributed by atoms with Gasteiger partial charge in [-0.1, -0.05) is 11.6 Å². The highest BCUT2D eigenvalue weighted by Gasteiger charge is 2.20. The number of nitrogens with one attached hydrogen (secondary N) is 1. The molecule has 1 aliphatic heterocycles. The lowest BCUT2D eigenvalue weighted by Crippen LogP contribution is -2.23. The lowest BCUT2D eigenvalue weighted by molar-refractivity contribution is -0.113. The van der Waals surface area contributed by atoms with Gasteiger partial charge in [0.15, 0.2) is 0 Å². The maximum atomic E-state index is 12.7. The number of anilines is 1. The fourth-order valence-corrected chi connectivity index (χ4v) is 2.86. The van der Waals surface area contributed by atoms with Crippen LogP contribution >= 0.6 is 11.6 Å². The Balaban J connectivity index is 1.87. The number of methoxy groups -OCH3 is 1. The second-order valence-corrected chi connectivity index (χ2v) is 6.65. The highest BCUT2D eigenvalue weighted by atomic mass is 35.5. The topological polar surface area (TPSA) is 67.9 Å². The summed E-state index contributed by atoms with van der Waals surface area (Å²) in [5.74, 6) is 0.622. The molecule has 2 aromatic carbocycles. The van der Waals surface area contributed by atoms with Gasteiger partial charge in [0.1, 0.15) is 18.1 Å². The van der Waals surface area contributed by atoms with E-state index in [0.717, 1.165) is 5.56 Å². The number of halogens is 1. The number of benzene rings is 2. The quantitative estimate of drug-likeness (QED) is 0.873. The molecular formula is C20H19ClN2O4. The Morgan fingerprint density at radius 1 is 1.19 bits per heavy atom. The number of nitrogens with zero attached hydrogens (tertiary/aromatic N) is 1. The second-order valence-electron chi connectivity index (χ2n) is 6.21. The largest absolute Gasteiger partial charge is 0.495 e. The molecule has 6 nitrogen and oxygen atoms in total.